The van der Waals surface area contributed by atoms with Crippen molar-refractivity contribution >= 4 is 17.2 Å². The van der Waals surface area contributed by atoms with E-state index in [2.05, 4.69) is 33.7 Å². The summed E-state index contributed by atoms with van der Waals surface area (Å²) in [4.78, 5) is 12.0. The predicted molar refractivity (Wildman–Crippen MR) is 125 cm³/mol. The summed E-state index contributed by atoms with van der Waals surface area (Å²) in [5, 5.41) is 23.2. The Balaban J connectivity index is 1.66. The molecule has 1 atom stereocenters. The standard InChI is InChI=1S/C25H26N4O2S/c1-4-23(30)27-21-10-6-7-18-19(21)8-5-9-20(18)25-29-28-24(32-25)16-11-12-22(31-15(2)3)17(13-16)14-26/h5,8-9,11-13,15,21H,4,6-7,10H2,1-3H3,(H,27,30)/t21-/m1/s1. The lowest BCUT2D eigenvalue weighted by molar-refractivity contribution is -0.121. The zero-order valence-electron chi connectivity index (χ0n) is 18.5. The molecule has 0 saturated carbocycles. The first kappa shape index (κ1) is 22.0. The molecule has 0 saturated heterocycles. The number of carbonyl (C=O) groups excluding carboxylic acids is 1. The summed E-state index contributed by atoms with van der Waals surface area (Å²) >= 11 is 1.51. The molecule has 4 rings (SSSR count). The van der Waals surface area contributed by atoms with Gasteiger partial charge in [0.1, 0.15) is 21.8 Å². The number of nitrogens with zero attached hydrogens (tertiary/aromatic N) is 3. The van der Waals surface area contributed by atoms with Gasteiger partial charge in [-0.2, -0.15) is 5.26 Å². The number of rotatable bonds is 6. The van der Waals surface area contributed by atoms with Crippen LogP contribution in [0, 0.1) is 11.3 Å². The molecular formula is C25H26N4O2S. The van der Waals surface area contributed by atoms with Gasteiger partial charge < -0.3 is 10.1 Å². The van der Waals surface area contributed by atoms with Crippen molar-refractivity contribution in [1.29, 1.82) is 5.26 Å². The van der Waals surface area contributed by atoms with Gasteiger partial charge in [-0.1, -0.05) is 36.5 Å². The lowest BCUT2D eigenvalue weighted by Gasteiger charge is -2.27. The van der Waals surface area contributed by atoms with Crippen LogP contribution >= 0.6 is 11.3 Å². The fourth-order valence-electron chi connectivity index (χ4n) is 4.05. The van der Waals surface area contributed by atoms with E-state index in [0.29, 0.717) is 17.7 Å². The van der Waals surface area contributed by atoms with Crippen LogP contribution in [0.1, 0.15) is 62.8 Å². The molecule has 1 aliphatic carbocycles. The summed E-state index contributed by atoms with van der Waals surface area (Å²) in [6.45, 7) is 5.74. The highest BCUT2D eigenvalue weighted by Gasteiger charge is 2.25. The van der Waals surface area contributed by atoms with Crippen LogP contribution < -0.4 is 10.1 Å². The van der Waals surface area contributed by atoms with Crippen molar-refractivity contribution < 1.29 is 9.53 Å². The highest BCUT2D eigenvalue weighted by Crippen LogP contribution is 2.39. The second kappa shape index (κ2) is 9.49. The number of hydrogen-bond acceptors (Lipinski definition) is 6. The van der Waals surface area contributed by atoms with Crippen molar-refractivity contribution in [2.45, 2.75) is 58.6 Å². The minimum atomic E-state index is -0.00345. The van der Waals surface area contributed by atoms with Gasteiger partial charge >= 0.3 is 0 Å². The van der Waals surface area contributed by atoms with E-state index in [1.54, 1.807) is 6.07 Å². The second-order valence-corrected chi connectivity index (χ2v) is 9.12. The first-order valence-electron chi connectivity index (χ1n) is 11.0. The quantitative estimate of drug-likeness (QED) is 0.545. The van der Waals surface area contributed by atoms with E-state index in [1.165, 1.54) is 22.5 Å². The molecule has 1 aromatic heterocycles. The van der Waals surface area contributed by atoms with Gasteiger partial charge in [-0.25, -0.2) is 0 Å². The van der Waals surface area contributed by atoms with Crippen LogP contribution in [-0.2, 0) is 11.2 Å². The van der Waals surface area contributed by atoms with Gasteiger partial charge in [0.05, 0.1) is 17.7 Å². The number of hydrogen-bond donors (Lipinski definition) is 1. The normalized spacial score (nSPS) is 15.2. The zero-order chi connectivity index (χ0) is 22.7. The van der Waals surface area contributed by atoms with E-state index in [9.17, 15) is 10.1 Å². The lowest BCUT2D eigenvalue weighted by Crippen LogP contribution is -2.30. The number of fused-ring (bicyclic) bond motifs is 1. The van der Waals surface area contributed by atoms with Crippen LogP contribution in [0.25, 0.3) is 21.1 Å². The summed E-state index contributed by atoms with van der Waals surface area (Å²) in [7, 11) is 0. The monoisotopic (exact) mass is 446 g/mol. The molecule has 164 valence electrons. The van der Waals surface area contributed by atoms with Crippen molar-refractivity contribution in [2.24, 2.45) is 0 Å². The molecule has 6 nitrogen and oxygen atoms in total. The van der Waals surface area contributed by atoms with Crippen LogP contribution in [0.5, 0.6) is 5.75 Å². The highest BCUT2D eigenvalue weighted by atomic mass is 32.1. The predicted octanol–water partition coefficient (Wildman–Crippen LogP) is 5.43. The summed E-state index contributed by atoms with van der Waals surface area (Å²) < 4.78 is 5.72. The SMILES string of the molecule is CCC(=O)N[C@@H]1CCCc2c(-c3nnc(-c4ccc(OC(C)C)c(C#N)c4)s3)cccc21. The van der Waals surface area contributed by atoms with Crippen LogP contribution in [-0.4, -0.2) is 22.2 Å². The number of benzene rings is 2. The Morgan fingerprint density at radius 3 is 2.84 bits per heavy atom. The van der Waals surface area contributed by atoms with E-state index >= 15 is 0 Å². The number of nitrogens with one attached hydrogen (secondary N) is 1. The first-order chi connectivity index (χ1) is 15.5. The number of aromatic nitrogens is 2. The molecule has 0 unspecified atom stereocenters. The van der Waals surface area contributed by atoms with Gasteiger partial charge in [0.15, 0.2) is 0 Å². The van der Waals surface area contributed by atoms with E-state index in [1.807, 2.05) is 39.0 Å². The smallest absolute Gasteiger partial charge is 0.220 e. The summed E-state index contributed by atoms with van der Waals surface area (Å²) in [5.74, 6) is 0.651. The van der Waals surface area contributed by atoms with E-state index in [4.69, 9.17) is 4.74 Å². The minimum absolute atomic E-state index is 0.00345. The van der Waals surface area contributed by atoms with Gasteiger partial charge in [-0.15, -0.1) is 10.2 Å². The zero-order valence-corrected chi connectivity index (χ0v) is 19.3. The Morgan fingerprint density at radius 1 is 1.28 bits per heavy atom. The molecule has 32 heavy (non-hydrogen) atoms. The molecule has 3 aromatic rings. The maximum atomic E-state index is 12.0. The molecule has 0 radical (unpaired) electrons. The van der Waals surface area contributed by atoms with Crippen LogP contribution in [0.15, 0.2) is 36.4 Å². The average molecular weight is 447 g/mol. The fourth-order valence-corrected chi connectivity index (χ4v) is 4.94. The molecule has 1 amide bonds. The Labute approximate surface area is 192 Å². The summed E-state index contributed by atoms with van der Waals surface area (Å²) in [5.41, 5.74) is 4.82. The number of nitriles is 1. The highest BCUT2D eigenvalue weighted by molar-refractivity contribution is 7.17. The van der Waals surface area contributed by atoms with Gasteiger partial charge in [-0.05, 0) is 62.4 Å². The second-order valence-electron chi connectivity index (χ2n) is 8.14. The van der Waals surface area contributed by atoms with Crippen molar-refractivity contribution in [3.63, 3.8) is 0 Å². The third-order valence-electron chi connectivity index (χ3n) is 5.53. The molecule has 2 aromatic carbocycles. The lowest BCUT2D eigenvalue weighted by atomic mass is 9.85. The van der Waals surface area contributed by atoms with Crippen LogP contribution in [0.2, 0.25) is 0 Å². The molecule has 1 N–H and O–H groups in total. The summed E-state index contributed by atoms with van der Waals surface area (Å²) in [6, 6.07) is 14.0. The minimum Gasteiger partial charge on any atom is -0.490 e. The van der Waals surface area contributed by atoms with Gasteiger partial charge in [0.2, 0.25) is 5.91 Å². The van der Waals surface area contributed by atoms with E-state index in [0.717, 1.165) is 40.4 Å². The fraction of sp³-hybridized carbons (Fsp3) is 0.360. The van der Waals surface area contributed by atoms with Gasteiger partial charge in [0, 0.05) is 17.5 Å². The number of amides is 1. The molecule has 1 aliphatic rings. The van der Waals surface area contributed by atoms with Gasteiger partial charge in [0.25, 0.3) is 0 Å². The Bertz CT molecular complexity index is 1180. The maximum Gasteiger partial charge on any atom is 0.220 e. The Morgan fingerprint density at radius 2 is 2.09 bits per heavy atom. The molecule has 1 heterocycles. The Kier molecular flexibility index (Phi) is 6.52. The van der Waals surface area contributed by atoms with Crippen molar-refractivity contribution in [3.8, 4) is 33.0 Å². The first-order valence-corrected chi connectivity index (χ1v) is 11.8. The third-order valence-corrected chi connectivity index (χ3v) is 6.53. The van der Waals surface area contributed by atoms with E-state index < -0.39 is 0 Å². The summed E-state index contributed by atoms with van der Waals surface area (Å²) in [6.07, 6.45) is 3.41. The molecular weight excluding hydrogens is 420 g/mol. The average Bonchev–Trinajstić information content (AvgIpc) is 3.29. The molecule has 0 bridgehead atoms. The van der Waals surface area contributed by atoms with Crippen molar-refractivity contribution in [3.05, 3.63) is 53.1 Å². The number of ether oxygens (including phenoxy) is 1. The topological polar surface area (TPSA) is 87.9 Å². The third kappa shape index (κ3) is 4.51. The molecule has 0 aliphatic heterocycles. The van der Waals surface area contributed by atoms with Gasteiger partial charge in [-0.3, -0.25) is 4.79 Å². The maximum absolute atomic E-state index is 12.0. The largest absolute Gasteiger partial charge is 0.490 e. The van der Waals surface area contributed by atoms with E-state index in [-0.39, 0.29) is 18.1 Å². The molecule has 0 fully saturated rings. The molecule has 7 heteroatoms. The molecule has 0 spiro atoms. The Hall–Kier alpha value is -3.24. The number of carbonyl (C=O) groups is 1. The van der Waals surface area contributed by atoms with Crippen LogP contribution in [0.3, 0.4) is 0 Å². The van der Waals surface area contributed by atoms with Crippen molar-refractivity contribution in [2.75, 3.05) is 0 Å². The van der Waals surface area contributed by atoms with Crippen LogP contribution in [0.4, 0.5) is 0 Å². The van der Waals surface area contributed by atoms with Crippen molar-refractivity contribution in [1.82, 2.24) is 15.5 Å².